The topological polar surface area (TPSA) is 73.2 Å². The third kappa shape index (κ3) is 4.44. The highest BCUT2D eigenvalue weighted by Gasteiger charge is 2.20. The zero-order valence-corrected chi connectivity index (χ0v) is 19.1. The van der Waals surface area contributed by atoms with Gasteiger partial charge in [-0.1, -0.05) is 18.2 Å². The van der Waals surface area contributed by atoms with E-state index in [1.807, 2.05) is 76.2 Å². The van der Waals surface area contributed by atoms with Crippen molar-refractivity contribution in [3.05, 3.63) is 95.1 Å². The number of hydrogen-bond acceptors (Lipinski definition) is 5. The molecule has 0 atom stereocenters. The van der Waals surface area contributed by atoms with Crippen molar-refractivity contribution in [1.29, 1.82) is 0 Å². The summed E-state index contributed by atoms with van der Waals surface area (Å²) in [6, 6.07) is 21.6. The number of phenols is 3. The molecule has 3 N–H and O–H groups in total. The molecule has 0 fully saturated rings. The first-order valence-corrected chi connectivity index (χ1v) is 10.7. The molecule has 0 bridgehead atoms. The van der Waals surface area contributed by atoms with Gasteiger partial charge in [-0.2, -0.15) is 0 Å². The van der Waals surface area contributed by atoms with Crippen molar-refractivity contribution in [3.8, 4) is 28.7 Å². The molecule has 168 valence electrons. The second-order valence-corrected chi connectivity index (χ2v) is 8.25. The summed E-state index contributed by atoms with van der Waals surface area (Å²) in [6.45, 7) is 7.56. The van der Waals surface area contributed by atoms with Crippen molar-refractivity contribution in [1.82, 2.24) is 0 Å². The van der Waals surface area contributed by atoms with Crippen molar-refractivity contribution >= 4 is 17.1 Å². The van der Waals surface area contributed by atoms with Crippen LogP contribution < -0.4 is 9.64 Å². The highest BCUT2D eigenvalue weighted by Crippen LogP contribution is 2.45. The van der Waals surface area contributed by atoms with Crippen molar-refractivity contribution in [2.24, 2.45) is 0 Å². The van der Waals surface area contributed by atoms with Crippen molar-refractivity contribution in [2.75, 3.05) is 4.90 Å². The summed E-state index contributed by atoms with van der Waals surface area (Å²) in [4.78, 5) is 1.80. The molecule has 0 saturated carbocycles. The van der Waals surface area contributed by atoms with E-state index in [4.69, 9.17) is 4.74 Å². The standard InChI is InChI=1S/C28H27NO4/c1-17-8-10-23(26(31)14-17)29(24-11-9-18(2)15-27(24)32)21-6-5-7-22(16-21)33-28-13-12-25(30)19(3)20(28)4/h5-16,30-32H,1-4H3. The maximum absolute atomic E-state index is 10.7. The van der Waals surface area contributed by atoms with Gasteiger partial charge >= 0.3 is 0 Å². The lowest BCUT2D eigenvalue weighted by molar-refractivity contribution is 0.457. The first kappa shape index (κ1) is 22.1. The zero-order valence-electron chi connectivity index (χ0n) is 19.1. The van der Waals surface area contributed by atoms with E-state index in [0.29, 0.717) is 28.6 Å². The number of hydrogen-bond donors (Lipinski definition) is 3. The minimum atomic E-state index is 0.103. The van der Waals surface area contributed by atoms with Crippen LogP contribution in [0.5, 0.6) is 28.7 Å². The fraction of sp³-hybridized carbons (Fsp3) is 0.143. The van der Waals surface area contributed by atoms with Gasteiger partial charge < -0.3 is 25.0 Å². The summed E-state index contributed by atoms with van der Waals surface area (Å²) in [5.74, 6) is 1.66. The van der Waals surface area contributed by atoms with E-state index in [2.05, 4.69) is 0 Å². The first-order valence-electron chi connectivity index (χ1n) is 10.7. The van der Waals surface area contributed by atoms with Crippen LogP contribution in [0.4, 0.5) is 17.1 Å². The molecule has 0 unspecified atom stereocenters. The predicted octanol–water partition coefficient (Wildman–Crippen LogP) is 7.30. The van der Waals surface area contributed by atoms with Crippen LogP contribution in [0.1, 0.15) is 22.3 Å². The number of phenolic OH excluding ortho intramolecular Hbond substituents is 3. The van der Waals surface area contributed by atoms with Gasteiger partial charge in [0.25, 0.3) is 0 Å². The molecule has 4 rings (SSSR count). The van der Waals surface area contributed by atoms with E-state index in [0.717, 1.165) is 22.3 Å². The highest BCUT2D eigenvalue weighted by molar-refractivity contribution is 5.83. The molecule has 33 heavy (non-hydrogen) atoms. The Balaban J connectivity index is 1.82. The molecule has 0 aliphatic rings. The molecular weight excluding hydrogens is 414 g/mol. The minimum Gasteiger partial charge on any atom is -0.508 e. The number of aromatic hydroxyl groups is 3. The third-order valence-electron chi connectivity index (χ3n) is 5.76. The fourth-order valence-electron chi connectivity index (χ4n) is 3.76. The Morgan fingerprint density at radius 2 is 1.21 bits per heavy atom. The van der Waals surface area contributed by atoms with Crippen LogP contribution >= 0.6 is 0 Å². The Labute approximate surface area is 193 Å². The average molecular weight is 442 g/mol. The largest absolute Gasteiger partial charge is 0.508 e. The minimum absolute atomic E-state index is 0.103. The molecule has 0 radical (unpaired) electrons. The second kappa shape index (κ2) is 8.79. The van der Waals surface area contributed by atoms with Crippen LogP contribution in [0.15, 0.2) is 72.8 Å². The molecule has 0 aliphatic carbocycles. The second-order valence-electron chi connectivity index (χ2n) is 8.25. The van der Waals surface area contributed by atoms with Crippen LogP contribution in [0.3, 0.4) is 0 Å². The highest BCUT2D eigenvalue weighted by atomic mass is 16.5. The van der Waals surface area contributed by atoms with E-state index in [1.165, 1.54) is 0 Å². The monoisotopic (exact) mass is 441 g/mol. The van der Waals surface area contributed by atoms with Gasteiger partial charge in [0.2, 0.25) is 0 Å². The molecule has 0 heterocycles. The predicted molar refractivity (Wildman–Crippen MR) is 132 cm³/mol. The third-order valence-corrected chi connectivity index (χ3v) is 5.76. The van der Waals surface area contributed by atoms with Crippen LogP contribution in [0.2, 0.25) is 0 Å². The van der Waals surface area contributed by atoms with Crippen molar-refractivity contribution in [2.45, 2.75) is 27.7 Å². The molecule has 0 aliphatic heterocycles. The van der Waals surface area contributed by atoms with Gasteiger partial charge in [0, 0.05) is 6.07 Å². The smallest absolute Gasteiger partial charge is 0.139 e. The molecule has 5 nitrogen and oxygen atoms in total. The summed E-state index contributed by atoms with van der Waals surface area (Å²) in [5, 5.41) is 31.4. The van der Waals surface area contributed by atoms with Crippen molar-refractivity contribution < 1.29 is 20.1 Å². The molecule has 0 aromatic heterocycles. The van der Waals surface area contributed by atoms with Gasteiger partial charge in [0.15, 0.2) is 0 Å². The summed E-state index contributed by atoms with van der Waals surface area (Å²) in [5.41, 5.74) is 5.25. The summed E-state index contributed by atoms with van der Waals surface area (Å²) in [6.07, 6.45) is 0. The molecule has 4 aromatic carbocycles. The van der Waals surface area contributed by atoms with Crippen LogP contribution in [-0.2, 0) is 0 Å². The van der Waals surface area contributed by atoms with Gasteiger partial charge in [0.1, 0.15) is 28.7 Å². The number of aryl methyl sites for hydroxylation is 2. The van der Waals surface area contributed by atoms with Crippen molar-refractivity contribution in [3.63, 3.8) is 0 Å². The molecule has 0 saturated heterocycles. The normalized spacial score (nSPS) is 10.8. The summed E-state index contributed by atoms with van der Waals surface area (Å²) >= 11 is 0. The maximum Gasteiger partial charge on any atom is 0.139 e. The van der Waals surface area contributed by atoms with E-state index in [-0.39, 0.29) is 17.2 Å². The Morgan fingerprint density at radius 1 is 0.606 bits per heavy atom. The van der Waals surface area contributed by atoms with Gasteiger partial charge in [-0.3, -0.25) is 0 Å². The number of nitrogens with zero attached hydrogens (tertiary/aromatic N) is 1. The van der Waals surface area contributed by atoms with Gasteiger partial charge in [-0.05, 0) is 98.5 Å². The van der Waals surface area contributed by atoms with Crippen LogP contribution in [-0.4, -0.2) is 15.3 Å². The van der Waals surface area contributed by atoms with Gasteiger partial charge in [-0.25, -0.2) is 0 Å². The Kier molecular flexibility index (Phi) is 5.88. The Hall–Kier alpha value is -4.12. The van der Waals surface area contributed by atoms with E-state index in [9.17, 15) is 15.3 Å². The summed E-state index contributed by atoms with van der Waals surface area (Å²) < 4.78 is 6.14. The Bertz CT molecular complexity index is 1280. The van der Waals surface area contributed by atoms with Gasteiger partial charge in [-0.15, -0.1) is 0 Å². The van der Waals surface area contributed by atoms with Gasteiger partial charge in [0.05, 0.1) is 17.1 Å². The summed E-state index contributed by atoms with van der Waals surface area (Å²) in [7, 11) is 0. The lowest BCUT2D eigenvalue weighted by atomic mass is 10.1. The number of anilines is 3. The maximum atomic E-state index is 10.7. The lowest BCUT2D eigenvalue weighted by Gasteiger charge is -2.27. The number of benzene rings is 4. The van der Waals surface area contributed by atoms with Crippen LogP contribution in [0.25, 0.3) is 0 Å². The van der Waals surface area contributed by atoms with Crippen LogP contribution in [0, 0.1) is 27.7 Å². The average Bonchev–Trinajstić information content (AvgIpc) is 2.77. The molecule has 0 spiro atoms. The molecule has 0 amide bonds. The number of ether oxygens (including phenoxy) is 1. The number of rotatable bonds is 5. The first-order chi connectivity index (χ1) is 15.7. The molecule has 5 heteroatoms. The fourth-order valence-corrected chi connectivity index (χ4v) is 3.76. The Morgan fingerprint density at radius 3 is 1.79 bits per heavy atom. The van der Waals surface area contributed by atoms with E-state index in [1.54, 1.807) is 29.2 Å². The van der Waals surface area contributed by atoms with E-state index >= 15 is 0 Å². The molecular formula is C28H27NO4. The lowest BCUT2D eigenvalue weighted by Crippen LogP contribution is -2.10. The van der Waals surface area contributed by atoms with E-state index < -0.39 is 0 Å². The quantitative estimate of drug-likeness (QED) is 0.303. The zero-order chi connectivity index (χ0) is 23.7. The SMILES string of the molecule is Cc1ccc(N(c2cccc(Oc3ccc(O)c(C)c3C)c2)c2ccc(C)cc2O)c(O)c1. The molecule has 4 aromatic rings.